The molecule has 0 aliphatic heterocycles. The Labute approximate surface area is 98.0 Å². The normalized spacial score (nSPS) is 15.1. The molecular formula is C13H22N2O. The Hall–Kier alpha value is -0.930. The number of hydrogen-bond acceptors (Lipinski definition) is 3. The van der Waals surface area contributed by atoms with Gasteiger partial charge in [-0.25, -0.2) is 0 Å². The van der Waals surface area contributed by atoms with Crippen LogP contribution in [0.2, 0.25) is 0 Å². The number of aromatic nitrogens is 1. The van der Waals surface area contributed by atoms with Crippen molar-refractivity contribution in [3.05, 3.63) is 30.1 Å². The molecule has 0 saturated carbocycles. The first-order valence-electron chi connectivity index (χ1n) is 5.92. The van der Waals surface area contributed by atoms with Gasteiger partial charge in [-0.2, -0.15) is 0 Å². The summed E-state index contributed by atoms with van der Waals surface area (Å²) in [6.07, 6.45) is 4.46. The summed E-state index contributed by atoms with van der Waals surface area (Å²) in [4.78, 5) is 4.11. The lowest BCUT2D eigenvalue weighted by Crippen LogP contribution is -2.30. The van der Waals surface area contributed by atoms with E-state index in [9.17, 15) is 0 Å². The Morgan fingerprint density at radius 2 is 2.19 bits per heavy atom. The second-order valence-corrected chi connectivity index (χ2v) is 4.51. The van der Waals surface area contributed by atoms with Gasteiger partial charge in [-0.1, -0.05) is 26.8 Å². The third-order valence-corrected chi connectivity index (χ3v) is 2.48. The molecule has 0 spiro atoms. The first-order valence-corrected chi connectivity index (χ1v) is 5.92. The maximum absolute atomic E-state index is 6.08. The molecule has 0 aromatic carbocycles. The Bertz CT molecular complexity index is 287. The van der Waals surface area contributed by atoms with E-state index in [1.807, 2.05) is 18.3 Å². The molecule has 3 heteroatoms. The van der Waals surface area contributed by atoms with E-state index >= 15 is 0 Å². The fraction of sp³-hybridized carbons (Fsp3) is 0.615. The molecule has 1 heterocycles. The largest absolute Gasteiger partial charge is 0.372 e. The summed E-state index contributed by atoms with van der Waals surface area (Å²) in [6.45, 7) is 7.08. The minimum atomic E-state index is -0.0406. The number of hydrogen-bond donors (Lipinski definition) is 1. The zero-order chi connectivity index (χ0) is 12.0. The highest BCUT2D eigenvalue weighted by Gasteiger charge is 2.19. The van der Waals surface area contributed by atoms with Crippen LogP contribution in [-0.4, -0.2) is 17.6 Å². The lowest BCUT2D eigenvalue weighted by molar-refractivity contribution is 0.0176. The van der Waals surface area contributed by atoms with Crippen LogP contribution in [-0.2, 0) is 4.74 Å². The molecule has 0 amide bonds. The highest BCUT2D eigenvalue weighted by Crippen LogP contribution is 2.21. The lowest BCUT2D eigenvalue weighted by Gasteiger charge is -2.24. The minimum Gasteiger partial charge on any atom is -0.372 e. The van der Waals surface area contributed by atoms with E-state index in [1.165, 1.54) is 0 Å². The second kappa shape index (κ2) is 6.61. The van der Waals surface area contributed by atoms with Crippen LogP contribution in [0, 0.1) is 5.92 Å². The van der Waals surface area contributed by atoms with Gasteiger partial charge in [-0.3, -0.25) is 4.98 Å². The second-order valence-electron chi connectivity index (χ2n) is 4.51. The Kier molecular flexibility index (Phi) is 5.43. The summed E-state index contributed by atoms with van der Waals surface area (Å²) in [6, 6.07) is 3.97. The molecule has 16 heavy (non-hydrogen) atoms. The van der Waals surface area contributed by atoms with Crippen LogP contribution >= 0.6 is 0 Å². The molecule has 0 bridgehead atoms. The molecule has 3 nitrogen and oxygen atoms in total. The third-order valence-electron chi connectivity index (χ3n) is 2.48. The topological polar surface area (TPSA) is 48.1 Å². The van der Waals surface area contributed by atoms with Gasteiger partial charge in [0.2, 0.25) is 0 Å². The van der Waals surface area contributed by atoms with Gasteiger partial charge in [0, 0.05) is 30.6 Å². The van der Waals surface area contributed by atoms with E-state index in [1.54, 1.807) is 6.20 Å². The summed E-state index contributed by atoms with van der Waals surface area (Å²) < 4.78 is 5.88. The van der Waals surface area contributed by atoms with E-state index in [0.717, 1.165) is 18.6 Å². The van der Waals surface area contributed by atoms with E-state index in [0.29, 0.717) is 5.92 Å². The van der Waals surface area contributed by atoms with E-state index < -0.39 is 0 Å². The molecule has 1 rings (SSSR count). The molecule has 0 aliphatic carbocycles. The third kappa shape index (κ3) is 3.91. The molecule has 2 atom stereocenters. The highest BCUT2D eigenvalue weighted by molar-refractivity contribution is 5.14. The Morgan fingerprint density at radius 1 is 1.44 bits per heavy atom. The van der Waals surface area contributed by atoms with Crippen molar-refractivity contribution >= 4 is 0 Å². The Balaban J connectivity index is 2.71. The molecule has 1 aromatic heterocycles. The number of nitrogens with zero attached hydrogens (tertiary/aromatic N) is 1. The van der Waals surface area contributed by atoms with Crippen molar-refractivity contribution in [1.82, 2.24) is 4.98 Å². The summed E-state index contributed by atoms with van der Waals surface area (Å²) in [5.74, 6) is 0.517. The summed E-state index contributed by atoms with van der Waals surface area (Å²) >= 11 is 0. The van der Waals surface area contributed by atoms with Crippen molar-refractivity contribution < 1.29 is 4.74 Å². The fourth-order valence-electron chi connectivity index (χ4n) is 1.52. The smallest absolute Gasteiger partial charge is 0.0990 e. The number of pyridine rings is 1. The van der Waals surface area contributed by atoms with Crippen molar-refractivity contribution in [2.24, 2.45) is 11.7 Å². The molecule has 90 valence electrons. The summed E-state index contributed by atoms with van der Waals surface area (Å²) in [7, 11) is 0. The number of ether oxygens (including phenoxy) is 1. The zero-order valence-electron chi connectivity index (χ0n) is 10.4. The molecule has 0 fully saturated rings. The first-order chi connectivity index (χ1) is 7.65. The SMILES string of the molecule is CCC(N)C(OCC(C)C)c1cccnc1. The van der Waals surface area contributed by atoms with Crippen molar-refractivity contribution in [2.75, 3.05) is 6.61 Å². The molecule has 1 aromatic rings. The van der Waals surface area contributed by atoms with Gasteiger partial charge in [-0.15, -0.1) is 0 Å². The minimum absolute atomic E-state index is 0.0305. The van der Waals surface area contributed by atoms with Gasteiger partial charge in [0.05, 0.1) is 6.10 Å². The van der Waals surface area contributed by atoms with Gasteiger partial charge in [-0.05, 0) is 18.4 Å². The van der Waals surface area contributed by atoms with Crippen LogP contribution in [0.1, 0.15) is 38.9 Å². The average molecular weight is 222 g/mol. The van der Waals surface area contributed by atoms with Gasteiger partial charge >= 0.3 is 0 Å². The van der Waals surface area contributed by atoms with Gasteiger partial charge in [0.15, 0.2) is 0 Å². The van der Waals surface area contributed by atoms with Gasteiger partial charge in [0.25, 0.3) is 0 Å². The van der Waals surface area contributed by atoms with Gasteiger partial charge in [0.1, 0.15) is 0 Å². The molecule has 0 radical (unpaired) electrons. The zero-order valence-corrected chi connectivity index (χ0v) is 10.4. The maximum Gasteiger partial charge on any atom is 0.0990 e. The van der Waals surface area contributed by atoms with Crippen molar-refractivity contribution in [3.63, 3.8) is 0 Å². The van der Waals surface area contributed by atoms with Crippen molar-refractivity contribution in [2.45, 2.75) is 39.3 Å². The Morgan fingerprint density at radius 3 is 2.69 bits per heavy atom. The van der Waals surface area contributed by atoms with Crippen LogP contribution < -0.4 is 5.73 Å². The quantitative estimate of drug-likeness (QED) is 0.804. The van der Waals surface area contributed by atoms with Crippen molar-refractivity contribution in [3.8, 4) is 0 Å². The molecular weight excluding hydrogens is 200 g/mol. The molecule has 0 aliphatic rings. The summed E-state index contributed by atoms with van der Waals surface area (Å²) in [5, 5.41) is 0. The van der Waals surface area contributed by atoms with Gasteiger partial charge < -0.3 is 10.5 Å². The average Bonchev–Trinajstić information content (AvgIpc) is 2.30. The lowest BCUT2D eigenvalue weighted by atomic mass is 10.0. The molecule has 2 unspecified atom stereocenters. The fourth-order valence-corrected chi connectivity index (χ4v) is 1.52. The van der Waals surface area contributed by atoms with Crippen LogP contribution in [0.3, 0.4) is 0 Å². The number of rotatable bonds is 6. The van der Waals surface area contributed by atoms with Crippen LogP contribution in [0.5, 0.6) is 0 Å². The van der Waals surface area contributed by atoms with Crippen molar-refractivity contribution in [1.29, 1.82) is 0 Å². The van der Waals surface area contributed by atoms with E-state index in [4.69, 9.17) is 10.5 Å². The first kappa shape index (κ1) is 13.1. The standard InChI is InChI=1S/C13H22N2O/c1-4-12(14)13(16-9-10(2)3)11-6-5-7-15-8-11/h5-8,10,12-13H,4,9,14H2,1-3H3. The molecule has 0 saturated heterocycles. The van der Waals surface area contributed by atoms with Crippen LogP contribution in [0.25, 0.3) is 0 Å². The monoisotopic (exact) mass is 222 g/mol. The van der Waals surface area contributed by atoms with Crippen LogP contribution in [0.4, 0.5) is 0 Å². The van der Waals surface area contributed by atoms with E-state index in [-0.39, 0.29) is 12.1 Å². The maximum atomic E-state index is 6.08. The predicted octanol–water partition coefficient (Wildman–Crippen LogP) is 2.53. The van der Waals surface area contributed by atoms with E-state index in [2.05, 4.69) is 25.8 Å². The molecule has 2 N–H and O–H groups in total. The highest BCUT2D eigenvalue weighted by atomic mass is 16.5. The van der Waals surface area contributed by atoms with Crippen LogP contribution in [0.15, 0.2) is 24.5 Å². The predicted molar refractivity (Wildman–Crippen MR) is 66.0 cm³/mol. The summed E-state index contributed by atoms with van der Waals surface area (Å²) in [5.41, 5.74) is 7.15. The number of nitrogens with two attached hydrogens (primary N) is 1.